The second-order valence-electron chi connectivity index (χ2n) is 17.9. The molecular weight excluding hydrogens is 787 g/mol. The minimum Gasteiger partial charge on any atom is -0.456 e. The Bertz CT molecular complexity index is 4040. The summed E-state index contributed by atoms with van der Waals surface area (Å²) < 4.78 is 9.20. The van der Waals surface area contributed by atoms with Gasteiger partial charge >= 0.3 is 0 Å². The lowest BCUT2D eigenvalue weighted by Crippen LogP contribution is -2.31. The van der Waals surface area contributed by atoms with Crippen LogP contribution >= 0.6 is 0 Å². The van der Waals surface area contributed by atoms with Crippen LogP contribution in [-0.4, -0.2) is 4.57 Å². The molecule has 1 aliphatic heterocycles. The average molecular weight is 824 g/mol. The van der Waals surface area contributed by atoms with Crippen molar-refractivity contribution in [2.45, 2.75) is 5.41 Å². The largest absolute Gasteiger partial charge is 0.456 e. The molecule has 0 fully saturated rings. The Morgan fingerprint density at radius 2 is 0.892 bits per heavy atom. The van der Waals surface area contributed by atoms with E-state index in [2.05, 4.69) is 229 Å². The molecule has 0 radical (unpaired) electrons. The predicted molar refractivity (Wildman–Crippen MR) is 268 cm³/mol. The summed E-state index contributed by atoms with van der Waals surface area (Å²) in [7, 11) is 0. The number of aromatic nitrogens is 1. The molecule has 1 aromatic heterocycles. The third-order valence-electron chi connectivity index (χ3n) is 14.8. The second-order valence-corrected chi connectivity index (χ2v) is 17.9. The van der Waals surface area contributed by atoms with Crippen LogP contribution in [0.1, 0.15) is 22.3 Å². The molecule has 3 aliphatic rings. The van der Waals surface area contributed by atoms with Gasteiger partial charge in [-0.2, -0.15) is 0 Å². The number of ether oxygens (including phenoxy) is 1. The molecule has 11 aromatic carbocycles. The zero-order valence-corrected chi connectivity index (χ0v) is 35.2. The zero-order chi connectivity index (χ0) is 42.4. The summed E-state index contributed by atoms with van der Waals surface area (Å²) in [6.07, 6.45) is 0. The van der Waals surface area contributed by atoms with Crippen molar-refractivity contribution in [3.63, 3.8) is 0 Å². The van der Waals surface area contributed by atoms with Crippen molar-refractivity contribution in [2.75, 3.05) is 0 Å². The van der Waals surface area contributed by atoms with Crippen LogP contribution in [0.25, 0.3) is 105 Å². The first-order valence-electron chi connectivity index (χ1n) is 22.6. The quantitative estimate of drug-likeness (QED) is 0.173. The predicted octanol–water partition coefficient (Wildman–Crippen LogP) is 16.5. The molecule has 0 saturated heterocycles. The topological polar surface area (TPSA) is 14.2 Å². The molecule has 1 spiro atoms. The first-order valence-corrected chi connectivity index (χ1v) is 22.6. The van der Waals surface area contributed by atoms with Gasteiger partial charge in [0.05, 0.1) is 16.4 Å². The van der Waals surface area contributed by atoms with Gasteiger partial charge in [0, 0.05) is 27.4 Å². The number of fused-ring (bicyclic) bond motifs is 14. The molecule has 0 bridgehead atoms. The SMILES string of the molecule is c1ccc(-n2c3ccccc3c3cc(-c4ccc5c6c(cccc46)-c4cc(-c6ccc7c(c6)C6(c8ccccc8-7)c7ccccc7-c7cccc8cccc6c78)ccc4O5)ccc32)cc1. The van der Waals surface area contributed by atoms with Crippen molar-refractivity contribution >= 4 is 43.4 Å². The Labute approximate surface area is 375 Å². The smallest absolute Gasteiger partial charge is 0.135 e. The Balaban J connectivity index is 0.897. The van der Waals surface area contributed by atoms with E-state index in [0.29, 0.717) is 0 Å². The van der Waals surface area contributed by atoms with Gasteiger partial charge in [0.1, 0.15) is 11.5 Å². The fourth-order valence-electron chi connectivity index (χ4n) is 12.2. The fraction of sp³-hybridized carbons (Fsp3) is 0.0159. The molecule has 2 heterocycles. The highest BCUT2D eigenvalue weighted by Gasteiger charge is 2.50. The summed E-state index contributed by atoms with van der Waals surface area (Å²) in [4.78, 5) is 0. The summed E-state index contributed by atoms with van der Waals surface area (Å²) in [5.41, 5.74) is 20.7. The van der Waals surface area contributed by atoms with Gasteiger partial charge in [0.25, 0.3) is 0 Å². The lowest BCUT2D eigenvalue weighted by molar-refractivity contribution is 0.487. The minimum atomic E-state index is -0.468. The van der Waals surface area contributed by atoms with Gasteiger partial charge < -0.3 is 9.30 Å². The minimum absolute atomic E-state index is 0.468. The van der Waals surface area contributed by atoms with Crippen LogP contribution < -0.4 is 4.74 Å². The first-order chi connectivity index (χ1) is 32.2. The van der Waals surface area contributed by atoms with E-state index in [0.717, 1.165) is 28.1 Å². The number of para-hydroxylation sites is 2. The second kappa shape index (κ2) is 12.8. The fourth-order valence-corrected chi connectivity index (χ4v) is 12.2. The molecule has 1 atom stereocenters. The molecule has 15 rings (SSSR count). The molecule has 0 amide bonds. The van der Waals surface area contributed by atoms with Crippen molar-refractivity contribution in [1.82, 2.24) is 4.57 Å². The zero-order valence-electron chi connectivity index (χ0n) is 35.2. The third kappa shape index (κ3) is 4.58. The highest BCUT2D eigenvalue weighted by atomic mass is 16.5. The van der Waals surface area contributed by atoms with Gasteiger partial charge in [-0.3, -0.25) is 0 Å². The maximum Gasteiger partial charge on any atom is 0.135 e. The molecule has 300 valence electrons. The number of hydrogen-bond acceptors (Lipinski definition) is 1. The Morgan fingerprint density at radius 1 is 0.308 bits per heavy atom. The van der Waals surface area contributed by atoms with Crippen molar-refractivity contribution in [3.8, 4) is 72.8 Å². The molecule has 2 heteroatoms. The van der Waals surface area contributed by atoms with Gasteiger partial charge in [-0.25, -0.2) is 0 Å². The van der Waals surface area contributed by atoms with Gasteiger partial charge in [-0.15, -0.1) is 0 Å². The van der Waals surface area contributed by atoms with Crippen LogP contribution in [0, 0.1) is 0 Å². The monoisotopic (exact) mass is 823 g/mol. The number of nitrogens with zero attached hydrogens (tertiary/aromatic N) is 1. The Morgan fingerprint density at radius 3 is 1.75 bits per heavy atom. The van der Waals surface area contributed by atoms with E-state index in [1.54, 1.807) is 0 Å². The van der Waals surface area contributed by atoms with E-state index >= 15 is 0 Å². The van der Waals surface area contributed by atoms with Crippen molar-refractivity contribution in [2.24, 2.45) is 0 Å². The van der Waals surface area contributed by atoms with Crippen molar-refractivity contribution < 1.29 is 4.74 Å². The lowest BCUT2D eigenvalue weighted by Gasteiger charge is -2.40. The highest BCUT2D eigenvalue weighted by molar-refractivity contribution is 6.14. The first kappa shape index (κ1) is 35.1. The summed E-state index contributed by atoms with van der Waals surface area (Å²) in [5.74, 6) is 1.77. The van der Waals surface area contributed by atoms with Crippen LogP contribution in [0.15, 0.2) is 224 Å². The maximum absolute atomic E-state index is 6.82. The molecule has 0 saturated carbocycles. The van der Waals surface area contributed by atoms with Gasteiger partial charge in [0.2, 0.25) is 0 Å². The highest BCUT2D eigenvalue weighted by Crippen LogP contribution is 2.62. The molecular formula is C63H37NO. The van der Waals surface area contributed by atoms with Crippen LogP contribution in [0.4, 0.5) is 0 Å². The number of benzene rings is 11. The molecule has 2 nitrogen and oxygen atoms in total. The van der Waals surface area contributed by atoms with Gasteiger partial charge in [0.15, 0.2) is 0 Å². The van der Waals surface area contributed by atoms with E-state index < -0.39 is 5.41 Å². The summed E-state index contributed by atoms with van der Waals surface area (Å²) >= 11 is 0. The van der Waals surface area contributed by atoms with Crippen LogP contribution in [0.2, 0.25) is 0 Å². The molecule has 12 aromatic rings. The lowest BCUT2D eigenvalue weighted by atomic mass is 9.61. The molecule has 2 aliphatic carbocycles. The average Bonchev–Trinajstić information content (AvgIpc) is 3.86. The van der Waals surface area contributed by atoms with Crippen LogP contribution in [0.5, 0.6) is 11.5 Å². The number of hydrogen-bond donors (Lipinski definition) is 0. The number of rotatable bonds is 3. The molecule has 0 N–H and O–H groups in total. The van der Waals surface area contributed by atoms with Crippen molar-refractivity contribution in [3.05, 3.63) is 247 Å². The Kier molecular flexibility index (Phi) is 6.91. The van der Waals surface area contributed by atoms with Crippen LogP contribution in [-0.2, 0) is 5.41 Å². The molecule has 65 heavy (non-hydrogen) atoms. The summed E-state index contributed by atoms with van der Waals surface area (Å²) in [5, 5.41) is 7.44. The van der Waals surface area contributed by atoms with E-state index in [1.165, 1.54) is 110 Å². The maximum atomic E-state index is 6.82. The van der Waals surface area contributed by atoms with Gasteiger partial charge in [-0.1, -0.05) is 170 Å². The Hall–Kier alpha value is -8.46. The third-order valence-corrected chi connectivity index (χ3v) is 14.8. The van der Waals surface area contributed by atoms with E-state index in [1.807, 2.05) is 0 Å². The summed E-state index contributed by atoms with van der Waals surface area (Å²) in [6, 6.07) is 83.3. The van der Waals surface area contributed by atoms with E-state index in [-0.39, 0.29) is 0 Å². The van der Waals surface area contributed by atoms with Gasteiger partial charge in [-0.05, 0) is 143 Å². The van der Waals surface area contributed by atoms with E-state index in [9.17, 15) is 0 Å². The molecule has 1 unspecified atom stereocenters. The normalized spacial score (nSPS) is 15.0. The standard InChI is InChI=1S/C63H37NO/c1-2-15-42(16-3-1)64-57-26-9-6-19-47(57)51-36-41(28-32-58(51)64)43-31-34-60-62-48(43)21-12-22-50(62)52-35-39(29-33-59(52)65-60)40-27-30-46-44-17-4-7-23-53(44)63(56(46)37-40)54-24-8-5-18-45(54)49-20-10-13-38-14-11-25-55(63)61(38)49/h1-37H. The van der Waals surface area contributed by atoms with E-state index in [4.69, 9.17) is 4.74 Å². The van der Waals surface area contributed by atoms with Crippen molar-refractivity contribution in [1.29, 1.82) is 0 Å². The van der Waals surface area contributed by atoms with Crippen LogP contribution in [0.3, 0.4) is 0 Å². The summed E-state index contributed by atoms with van der Waals surface area (Å²) in [6.45, 7) is 0.